The number of fused-ring (bicyclic) bond motifs is 1. The molecule has 2 heterocycles. The Morgan fingerprint density at radius 1 is 1.29 bits per heavy atom. The van der Waals surface area contributed by atoms with Crippen molar-refractivity contribution in [1.29, 1.82) is 0 Å². The Morgan fingerprint density at radius 2 is 2.05 bits per heavy atom. The number of ether oxygens (including phenoxy) is 2. The van der Waals surface area contributed by atoms with Gasteiger partial charge in [-0.2, -0.15) is 4.98 Å². The van der Waals surface area contributed by atoms with Crippen LogP contribution in [0.2, 0.25) is 0 Å². The van der Waals surface area contributed by atoms with E-state index in [4.69, 9.17) is 14.0 Å². The molecule has 3 rings (SSSR count). The number of hydrogen-bond acceptors (Lipinski definition) is 7. The van der Waals surface area contributed by atoms with Crippen LogP contribution in [0.25, 0.3) is 11.4 Å². The lowest BCUT2D eigenvalue weighted by molar-refractivity contribution is 0.174. The highest BCUT2D eigenvalue weighted by atomic mass is 32.2. The second-order valence-corrected chi connectivity index (χ2v) is 6.42. The molecular formula is C12H13N3O5S. The zero-order valence-corrected chi connectivity index (χ0v) is 12.2. The van der Waals surface area contributed by atoms with Gasteiger partial charge in [-0.1, -0.05) is 5.16 Å². The Morgan fingerprint density at radius 3 is 2.81 bits per heavy atom. The standard InChI is InChI=1S/C12H13N3O5S/c1-7(15-21(2,16)17)12-13-11(14-20-12)8-3-4-9-10(5-8)19-6-18-9/h3-5,7,15H,6H2,1-2H3/t7-/m0/s1. The van der Waals surface area contributed by atoms with Gasteiger partial charge in [0.2, 0.25) is 28.5 Å². The lowest BCUT2D eigenvalue weighted by Crippen LogP contribution is -2.25. The molecule has 0 aliphatic carbocycles. The summed E-state index contributed by atoms with van der Waals surface area (Å²) in [5.74, 6) is 1.81. The van der Waals surface area contributed by atoms with Crippen molar-refractivity contribution in [1.82, 2.24) is 14.9 Å². The van der Waals surface area contributed by atoms with Crippen molar-refractivity contribution in [3.05, 3.63) is 24.1 Å². The normalized spacial score (nSPS) is 15.1. The fourth-order valence-corrected chi connectivity index (χ4v) is 2.68. The largest absolute Gasteiger partial charge is 0.454 e. The Labute approximate surface area is 121 Å². The van der Waals surface area contributed by atoms with Crippen molar-refractivity contribution in [2.24, 2.45) is 0 Å². The molecule has 2 aromatic rings. The van der Waals surface area contributed by atoms with Crippen LogP contribution >= 0.6 is 0 Å². The van der Waals surface area contributed by atoms with Crippen molar-refractivity contribution in [2.45, 2.75) is 13.0 Å². The van der Waals surface area contributed by atoms with Crippen LogP contribution in [0.1, 0.15) is 18.9 Å². The van der Waals surface area contributed by atoms with E-state index in [0.29, 0.717) is 22.9 Å². The van der Waals surface area contributed by atoms with E-state index in [-0.39, 0.29) is 12.7 Å². The van der Waals surface area contributed by atoms with Crippen molar-refractivity contribution < 1.29 is 22.4 Å². The maximum atomic E-state index is 11.2. The molecule has 0 saturated heterocycles. The van der Waals surface area contributed by atoms with Crippen LogP contribution in [0.5, 0.6) is 11.5 Å². The first-order chi connectivity index (χ1) is 9.92. The molecule has 0 unspecified atom stereocenters. The van der Waals surface area contributed by atoms with Crippen LogP contribution in [0.15, 0.2) is 22.7 Å². The SMILES string of the molecule is C[C@H](NS(C)(=O)=O)c1nc(-c2ccc3c(c2)OCO3)no1. The number of hydrogen-bond donors (Lipinski definition) is 1. The van der Waals surface area contributed by atoms with E-state index in [1.54, 1.807) is 25.1 Å². The summed E-state index contributed by atoms with van der Waals surface area (Å²) in [5.41, 5.74) is 0.695. The van der Waals surface area contributed by atoms with Gasteiger partial charge < -0.3 is 14.0 Å². The highest BCUT2D eigenvalue weighted by Gasteiger charge is 2.20. The molecule has 1 aliphatic heterocycles. The summed E-state index contributed by atoms with van der Waals surface area (Å²) in [6.45, 7) is 1.81. The maximum absolute atomic E-state index is 11.2. The fraction of sp³-hybridized carbons (Fsp3) is 0.333. The van der Waals surface area contributed by atoms with E-state index < -0.39 is 16.1 Å². The molecule has 0 amide bonds. The molecule has 21 heavy (non-hydrogen) atoms. The Balaban J connectivity index is 1.85. The quantitative estimate of drug-likeness (QED) is 0.900. The minimum absolute atomic E-state index is 0.186. The van der Waals surface area contributed by atoms with E-state index >= 15 is 0 Å². The predicted octanol–water partition coefficient (Wildman–Crippen LogP) is 1.08. The number of aromatic nitrogens is 2. The van der Waals surface area contributed by atoms with Gasteiger partial charge in [0, 0.05) is 5.56 Å². The summed E-state index contributed by atoms with van der Waals surface area (Å²) in [5, 5.41) is 3.85. The Kier molecular flexibility index (Phi) is 3.30. The van der Waals surface area contributed by atoms with E-state index in [2.05, 4.69) is 14.9 Å². The molecule has 8 nitrogen and oxygen atoms in total. The van der Waals surface area contributed by atoms with Crippen LogP contribution in [-0.4, -0.2) is 31.6 Å². The highest BCUT2D eigenvalue weighted by molar-refractivity contribution is 7.88. The fourth-order valence-electron chi connectivity index (χ4n) is 1.94. The van der Waals surface area contributed by atoms with Gasteiger partial charge in [-0.3, -0.25) is 0 Å². The summed E-state index contributed by atoms with van der Waals surface area (Å²) in [7, 11) is -3.35. The molecule has 0 saturated carbocycles. The smallest absolute Gasteiger partial charge is 0.244 e. The number of nitrogens with zero attached hydrogens (tertiary/aromatic N) is 2. The molecule has 0 fully saturated rings. The Hall–Kier alpha value is -2.13. The van der Waals surface area contributed by atoms with Gasteiger partial charge in [0.25, 0.3) is 0 Å². The van der Waals surface area contributed by atoms with E-state index in [1.807, 2.05) is 0 Å². The number of sulfonamides is 1. The number of benzene rings is 1. The van der Waals surface area contributed by atoms with Crippen LogP contribution in [0, 0.1) is 0 Å². The van der Waals surface area contributed by atoms with Crippen LogP contribution in [0.4, 0.5) is 0 Å². The second-order valence-electron chi connectivity index (χ2n) is 4.64. The first kappa shape index (κ1) is 13.8. The molecule has 0 spiro atoms. The first-order valence-electron chi connectivity index (χ1n) is 6.13. The molecule has 1 atom stereocenters. The van der Waals surface area contributed by atoms with Crippen molar-refractivity contribution >= 4 is 10.0 Å². The van der Waals surface area contributed by atoms with Gasteiger partial charge in [-0.05, 0) is 25.1 Å². The van der Waals surface area contributed by atoms with Crippen LogP contribution in [0.3, 0.4) is 0 Å². The van der Waals surface area contributed by atoms with Crippen LogP contribution in [-0.2, 0) is 10.0 Å². The maximum Gasteiger partial charge on any atom is 0.244 e. The molecule has 0 bridgehead atoms. The molecule has 112 valence electrons. The minimum Gasteiger partial charge on any atom is -0.454 e. The summed E-state index contributed by atoms with van der Waals surface area (Å²) < 4.78 is 40.3. The number of rotatable bonds is 4. The summed E-state index contributed by atoms with van der Waals surface area (Å²) in [4.78, 5) is 4.19. The zero-order valence-electron chi connectivity index (χ0n) is 11.4. The predicted molar refractivity (Wildman–Crippen MR) is 72.3 cm³/mol. The van der Waals surface area contributed by atoms with Crippen molar-refractivity contribution in [3.63, 3.8) is 0 Å². The van der Waals surface area contributed by atoms with Crippen molar-refractivity contribution in [2.75, 3.05) is 13.0 Å². The average Bonchev–Trinajstić information content (AvgIpc) is 3.05. The molecule has 1 aromatic heterocycles. The van der Waals surface area contributed by atoms with Gasteiger partial charge in [-0.15, -0.1) is 0 Å². The van der Waals surface area contributed by atoms with Crippen molar-refractivity contribution in [3.8, 4) is 22.9 Å². The minimum atomic E-state index is -3.35. The van der Waals surface area contributed by atoms with Gasteiger partial charge >= 0.3 is 0 Å². The second kappa shape index (κ2) is 5.01. The van der Waals surface area contributed by atoms with Gasteiger partial charge in [-0.25, -0.2) is 13.1 Å². The number of nitrogens with one attached hydrogen (secondary N) is 1. The molecule has 1 N–H and O–H groups in total. The summed E-state index contributed by atoms with van der Waals surface area (Å²) in [6.07, 6.45) is 1.07. The molecule has 9 heteroatoms. The van der Waals surface area contributed by atoms with Gasteiger partial charge in [0.05, 0.1) is 12.3 Å². The van der Waals surface area contributed by atoms with E-state index in [0.717, 1.165) is 6.26 Å². The Bertz CT molecular complexity index is 771. The zero-order chi connectivity index (χ0) is 15.0. The lowest BCUT2D eigenvalue weighted by atomic mass is 10.2. The topological polar surface area (TPSA) is 104 Å². The lowest BCUT2D eigenvalue weighted by Gasteiger charge is -2.05. The average molecular weight is 311 g/mol. The molecule has 1 aromatic carbocycles. The summed E-state index contributed by atoms with van der Waals surface area (Å²) in [6, 6.07) is 4.67. The molecule has 1 aliphatic rings. The first-order valence-corrected chi connectivity index (χ1v) is 8.02. The van der Waals surface area contributed by atoms with E-state index in [9.17, 15) is 8.42 Å². The third kappa shape index (κ3) is 2.98. The third-order valence-corrected chi connectivity index (χ3v) is 3.62. The van der Waals surface area contributed by atoms with E-state index in [1.165, 1.54) is 0 Å². The summed E-state index contributed by atoms with van der Waals surface area (Å²) >= 11 is 0. The third-order valence-electron chi connectivity index (χ3n) is 2.83. The molecular weight excluding hydrogens is 298 g/mol. The van der Waals surface area contributed by atoms with Crippen LogP contribution < -0.4 is 14.2 Å². The van der Waals surface area contributed by atoms with Gasteiger partial charge in [0.1, 0.15) is 0 Å². The van der Waals surface area contributed by atoms with Gasteiger partial charge in [0.15, 0.2) is 11.5 Å². The highest BCUT2D eigenvalue weighted by Crippen LogP contribution is 2.35. The molecule has 0 radical (unpaired) electrons. The monoisotopic (exact) mass is 311 g/mol.